The molecular weight excluding hydrogens is 737 g/mol. The number of hydrogen-bond donors (Lipinski definition) is 4. The summed E-state index contributed by atoms with van der Waals surface area (Å²) in [5, 5.41) is 5.30. The van der Waals surface area contributed by atoms with Crippen LogP contribution in [0.3, 0.4) is 0 Å². The number of ether oxygens (including phenoxy) is 2. The van der Waals surface area contributed by atoms with Gasteiger partial charge in [-0.25, -0.2) is 19.6 Å². The number of imidazole rings is 2. The molecule has 2 aliphatic rings. The third-order valence-electron chi connectivity index (χ3n) is 10.9. The first-order valence-corrected chi connectivity index (χ1v) is 19.3. The SMILES string of the molecule is C=CC(C=C)[C@H](NC(=O)OC)C(=O)N1CCC[C@@H]1c1ncc(-c2ccc(-c3ccc(-c4cnc([C@@H]5CCCN5C(=O)[C@H](NC(=O)OC)C(C=C)C=C)[nH]4)cc3)cc2)[nH]1. The molecule has 2 aliphatic heterocycles. The maximum Gasteiger partial charge on any atom is 0.407 e. The first-order valence-electron chi connectivity index (χ1n) is 19.3. The van der Waals surface area contributed by atoms with Gasteiger partial charge in [-0.3, -0.25) is 9.59 Å². The lowest BCUT2D eigenvalue weighted by Gasteiger charge is -2.30. The standard InChI is InChI=1S/C44H50N8O6/c1-7-27(8-2)37(49-43(55)57-5)41(53)51-23-11-13-35(51)39-45-25-33(47-39)31-19-15-29(16-20-31)30-17-21-32(22-18-30)34-26-46-40(48-34)36-14-12-24-52(36)42(54)38(28(9-3)10-4)50-44(56)58-6/h7-10,15-22,25-28,35-38H,1-4,11-14,23-24H2,5-6H3,(H,45,47)(H,46,48)(H,49,55)(H,50,56)/t35-,36+,37+,38-. The Bertz CT molecular complexity index is 1970. The van der Waals surface area contributed by atoms with E-state index in [4.69, 9.17) is 9.47 Å². The summed E-state index contributed by atoms with van der Waals surface area (Å²) in [6, 6.07) is 14.0. The van der Waals surface area contributed by atoms with Crippen molar-refractivity contribution < 1.29 is 28.7 Å². The summed E-state index contributed by atoms with van der Waals surface area (Å²) in [4.78, 5) is 71.4. The fraction of sp³-hybridized carbons (Fsp3) is 0.318. The van der Waals surface area contributed by atoms with Crippen LogP contribution in [0.2, 0.25) is 0 Å². The normalized spacial score (nSPS) is 17.4. The van der Waals surface area contributed by atoms with Crippen LogP contribution >= 0.6 is 0 Å². The van der Waals surface area contributed by atoms with Crippen LogP contribution in [0.15, 0.2) is 112 Å². The minimum atomic E-state index is -0.901. The van der Waals surface area contributed by atoms with E-state index in [0.717, 1.165) is 59.3 Å². The van der Waals surface area contributed by atoms with Crippen molar-refractivity contribution in [3.05, 3.63) is 123 Å². The second kappa shape index (κ2) is 18.5. The van der Waals surface area contributed by atoms with Gasteiger partial charge in [-0.2, -0.15) is 0 Å². The number of nitrogens with one attached hydrogen (secondary N) is 4. The molecule has 2 aromatic carbocycles. The fourth-order valence-electron chi connectivity index (χ4n) is 7.73. The molecule has 2 saturated heterocycles. The molecule has 4 atom stereocenters. The molecule has 0 aliphatic carbocycles. The molecule has 0 unspecified atom stereocenters. The predicted molar refractivity (Wildman–Crippen MR) is 221 cm³/mol. The van der Waals surface area contributed by atoms with E-state index in [2.05, 4.69) is 81.2 Å². The van der Waals surface area contributed by atoms with E-state index >= 15 is 0 Å². The van der Waals surface area contributed by atoms with Gasteiger partial charge in [0.2, 0.25) is 11.8 Å². The van der Waals surface area contributed by atoms with Gasteiger partial charge in [-0.15, -0.1) is 26.3 Å². The largest absolute Gasteiger partial charge is 0.453 e. The lowest BCUT2D eigenvalue weighted by Crippen LogP contribution is -2.51. The number of rotatable bonds is 15. The summed E-state index contributed by atoms with van der Waals surface area (Å²) in [7, 11) is 2.51. The number of benzene rings is 2. The molecule has 0 bridgehead atoms. The van der Waals surface area contributed by atoms with Crippen molar-refractivity contribution in [2.45, 2.75) is 49.9 Å². The number of amides is 4. The quantitative estimate of drug-likeness (QED) is 0.0943. The van der Waals surface area contributed by atoms with Crippen LogP contribution in [0.1, 0.15) is 49.4 Å². The Balaban J connectivity index is 1.12. The summed E-state index contributed by atoms with van der Waals surface area (Å²) >= 11 is 0. The van der Waals surface area contributed by atoms with E-state index in [1.54, 1.807) is 46.5 Å². The van der Waals surface area contributed by atoms with Crippen molar-refractivity contribution >= 4 is 24.0 Å². The number of nitrogens with zero attached hydrogens (tertiary/aromatic N) is 4. The van der Waals surface area contributed by atoms with Crippen LogP contribution in [0, 0.1) is 11.8 Å². The Hall–Kier alpha value is -6.70. The maximum absolute atomic E-state index is 13.8. The van der Waals surface area contributed by atoms with Crippen molar-refractivity contribution in [2.24, 2.45) is 11.8 Å². The monoisotopic (exact) mass is 786 g/mol. The van der Waals surface area contributed by atoms with Crippen LogP contribution in [-0.4, -0.2) is 93.1 Å². The number of methoxy groups -OCH3 is 2. The Morgan fingerprint density at radius 1 is 0.638 bits per heavy atom. The highest BCUT2D eigenvalue weighted by molar-refractivity contribution is 5.88. The van der Waals surface area contributed by atoms with Gasteiger partial charge in [0.1, 0.15) is 23.7 Å². The van der Waals surface area contributed by atoms with Gasteiger partial charge in [0.05, 0.1) is 50.1 Å². The average molecular weight is 787 g/mol. The minimum Gasteiger partial charge on any atom is -0.453 e. The molecule has 14 heteroatoms. The van der Waals surface area contributed by atoms with Gasteiger partial charge in [-0.05, 0) is 47.9 Å². The lowest BCUT2D eigenvalue weighted by atomic mass is 9.98. The van der Waals surface area contributed by atoms with Crippen LogP contribution in [-0.2, 0) is 19.1 Å². The molecule has 4 N–H and O–H groups in total. The minimum absolute atomic E-state index is 0.252. The molecule has 2 aromatic heterocycles. The van der Waals surface area contributed by atoms with Crippen LogP contribution in [0.5, 0.6) is 0 Å². The van der Waals surface area contributed by atoms with Crippen LogP contribution in [0.25, 0.3) is 33.6 Å². The van der Waals surface area contributed by atoms with Gasteiger partial charge in [0.15, 0.2) is 0 Å². The highest BCUT2D eigenvalue weighted by Gasteiger charge is 2.40. The fourth-order valence-corrected chi connectivity index (χ4v) is 7.73. The third-order valence-corrected chi connectivity index (χ3v) is 10.9. The maximum atomic E-state index is 13.8. The van der Waals surface area contributed by atoms with E-state index in [9.17, 15) is 19.2 Å². The Morgan fingerprint density at radius 3 is 1.31 bits per heavy atom. The van der Waals surface area contributed by atoms with Gasteiger partial charge in [-0.1, -0.05) is 72.8 Å². The molecule has 2 fully saturated rings. The van der Waals surface area contributed by atoms with Gasteiger partial charge < -0.3 is 39.9 Å². The molecular formula is C44H50N8O6. The van der Waals surface area contributed by atoms with Crippen molar-refractivity contribution in [1.82, 2.24) is 40.4 Å². The molecule has 4 amide bonds. The summed E-state index contributed by atoms with van der Waals surface area (Å²) in [6.07, 6.45) is 11.5. The van der Waals surface area contributed by atoms with E-state index in [1.165, 1.54) is 14.2 Å². The highest BCUT2D eigenvalue weighted by Crippen LogP contribution is 2.35. The van der Waals surface area contributed by atoms with Crippen molar-refractivity contribution in [3.63, 3.8) is 0 Å². The molecule has 4 aromatic rings. The number of aromatic nitrogens is 4. The van der Waals surface area contributed by atoms with E-state index in [0.29, 0.717) is 24.7 Å². The molecule has 58 heavy (non-hydrogen) atoms. The number of alkyl carbamates (subject to hydrolysis) is 2. The van der Waals surface area contributed by atoms with E-state index in [1.807, 2.05) is 24.3 Å². The van der Waals surface area contributed by atoms with Crippen LogP contribution in [0.4, 0.5) is 9.59 Å². The summed E-state index contributed by atoms with van der Waals surface area (Å²) < 4.78 is 9.54. The summed E-state index contributed by atoms with van der Waals surface area (Å²) in [5.74, 6) is -0.113. The first-order chi connectivity index (χ1) is 28.1. The number of carbonyl (C=O) groups excluding carboxylic acids is 4. The van der Waals surface area contributed by atoms with Crippen molar-refractivity contribution in [2.75, 3.05) is 27.3 Å². The number of likely N-dealkylation sites (tertiary alicyclic amines) is 2. The lowest BCUT2D eigenvalue weighted by molar-refractivity contribution is -0.135. The Labute approximate surface area is 338 Å². The molecule has 0 saturated carbocycles. The van der Waals surface area contributed by atoms with E-state index in [-0.39, 0.29) is 23.9 Å². The van der Waals surface area contributed by atoms with Gasteiger partial charge >= 0.3 is 12.2 Å². The summed E-state index contributed by atoms with van der Waals surface area (Å²) in [5.41, 5.74) is 5.60. The van der Waals surface area contributed by atoms with Crippen molar-refractivity contribution in [3.8, 4) is 33.6 Å². The number of carbonyl (C=O) groups is 4. The second-order valence-corrected chi connectivity index (χ2v) is 14.2. The topological polar surface area (TPSA) is 175 Å². The molecule has 0 radical (unpaired) electrons. The number of H-pyrrole nitrogens is 2. The molecule has 0 spiro atoms. The molecule has 14 nitrogen and oxygen atoms in total. The zero-order chi connectivity index (χ0) is 41.3. The Kier molecular flexibility index (Phi) is 13.1. The smallest absolute Gasteiger partial charge is 0.407 e. The summed E-state index contributed by atoms with van der Waals surface area (Å²) in [6.45, 7) is 16.3. The second-order valence-electron chi connectivity index (χ2n) is 14.2. The Morgan fingerprint density at radius 2 is 0.983 bits per heavy atom. The van der Waals surface area contributed by atoms with E-state index < -0.39 is 36.1 Å². The zero-order valence-corrected chi connectivity index (χ0v) is 32.9. The zero-order valence-electron chi connectivity index (χ0n) is 32.9. The number of hydrogen-bond acceptors (Lipinski definition) is 8. The highest BCUT2D eigenvalue weighted by atomic mass is 16.5. The van der Waals surface area contributed by atoms with Crippen molar-refractivity contribution in [1.29, 1.82) is 0 Å². The van der Waals surface area contributed by atoms with Gasteiger partial charge in [0, 0.05) is 24.9 Å². The number of aromatic amines is 2. The molecule has 6 rings (SSSR count). The third kappa shape index (κ3) is 8.65. The predicted octanol–water partition coefficient (Wildman–Crippen LogP) is 6.89. The van der Waals surface area contributed by atoms with Gasteiger partial charge in [0.25, 0.3) is 0 Å². The molecule has 4 heterocycles. The molecule has 302 valence electrons. The van der Waals surface area contributed by atoms with Crippen LogP contribution < -0.4 is 10.6 Å². The average Bonchev–Trinajstić information content (AvgIpc) is 4.10. The first kappa shape index (κ1) is 40.9.